The van der Waals surface area contributed by atoms with Gasteiger partial charge >= 0.3 is 7.25 Å². The van der Waals surface area contributed by atoms with Crippen LogP contribution in [0.25, 0.3) is 0 Å². The largest absolute Gasteiger partial charge is 0.673 e. The van der Waals surface area contributed by atoms with Gasteiger partial charge in [0, 0.05) is 23.3 Å². The Bertz CT molecular complexity index is 317. The van der Waals surface area contributed by atoms with Gasteiger partial charge < -0.3 is 17.3 Å². The summed E-state index contributed by atoms with van der Waals surface area (Å²) < 4.78 is 39.0. The molecule has 117 valence electrons. The number of rotatable bonds is 0. The maximum Gasteiger partial charge on any atom is 0.673 e. The minimum atomic E-state index is -6.00. The summed E-state index contributed by atoms with van der Waals surface area (Å²) in [5.74, 6) is 1.47. The average Bonchev–Trinajstić information content (AvgIpc) is 2.51. The molecular weight excluding hydrogens is 319 g/mol. The van der Waals surface area contributed by atoms with E-state index < -0.39 is 7.25 Å². The molecule has 0 heterocycles. The van der Waals surface area contributed by atoms with E-state index in [4.69, 9.17) is 9.81 Å². The summed E-state index contributed by atoms with van der Waals surface area (Å²) in [4.78, 5) is 15.0. The summed E-state index contributed by atoms with van der Waals surface area (Å²) in [6, 6.07) is 0. The van der Waals surface area contributed by atoms with Crippen molar-refractivity contribution in [3.05, 3.63) is 38.0 Å². The van der Waals surface area contributed by atoms with E-state index >= 15 is 0 Å². The van der Waals surface area contributed by atoms with Crippen molar-refractivity contribution >= 4 is 7.25 Å². The standard InChI is InChI=1S/C10H15.BF4.Cr.2HNO/c1-6-7(2)9(4)10(5)8(6)3;2-1(3,4)5;;2*1-2/h1-5H3;;;2*1H/q;-1;;;. The Hall–Kier alpha value is -1.00. The zero-order valence-corrected chi connectivity index (χ0v) is 13.1. The molecule has 2 N–H and O–H groups in total. The van der Waals surface area contributed by atoms with Crippen molar-refractivity contribution in [2.75, 3.05) is 0 Å². The number of nitroso groups, excluding NO2 is 2. The molecule has 20 heavy (non-hydrogen) atoms. The number of allylic oxidation sites excluding steroid dienone is 4. The first kappa shape index (κ1) is 27.4. The molecule has 0 unspecified atom stereocenters. The Morgan fingerprint density at radius 1 is 0.650 bits per heavy atom. The molecule has 4 nitrogen and oxygen atoms in total. The van der Waals surface area contributed by atoms with Crippen LogP contribution in [0.15, 0.2) is 22.3 Å². The summed E-state index contributed by atoms with van der Waals surface area (Å²) >= 11 is 0. The molecule has 0 spiro atoms. The quantitative estimate of drug-likeness (QED) is 0.361. The SMILES string of the molecule is C[C]1C(C)=C(C)C(C)=C1C.F[B-](F)(F)F.N=O.N=O.[Cr]. The van der Waals surface area contributed by atoms with Crippen LogP contribution >= 0.6 is 0 Å². The van der Waals surface area contributed by atoms with Gasteiger partial charge in [0.05, 0.1) is 0 Å². The fraction of sp³-hybridized carbons (Fsp3) is 0.500. The second-order valence-electron chi connectivity index (χ2n) is 3.62. The van der Waals surface area contributed by atoms with Gasteiger partial charge in [-0.25, -0.2) is 0 Å². The van der Waals surface area contributed by atoms with Gasteiger partial charge in [-0.2, -0.15) is 9.81 Å². The molecule has 1 aliphatic rings. The normalized spacial score (nSPS) is 14.1. The van der Waals surface area contributed by atoms with Crippen molar-refractivity contribution in [2.45, 2.75) is 34.6 Å². The van der Waals surface area contributed by atoms with Gasteiger partial charge in [-0.15, -0.1) is 0 Å². The van der Waals surface area contributed by atoms with E-state index in [1.807, 2.05) is 0 Å². The van der Waals surface area contributed by atoms with Crippen molar-refractivity contribution in [1.82, 2.24) is 0 Å². The van der Waals surface area contributed by atoms with Crippen LogP contribution in [0.2, 0.25) is 0 Å². The van der Waals surface area contributed by atoms with Crippen LogP contribution in [0.3, 0.4) is 0 Å². The Kier molecular flexibility index (Phi) is 17.8. The van der Waals surface area contributed by atoms with E-state index in [2.05, 4.69) is 45.8 Å². The summed E-state index contributed by atoms with van der Waals surface area (Å²) in [5.41, 5.74) is 14.9. The van der Waals surface area contributed by atoms with Crippen LogP contribution in [0, 0.1) is 26.9 Å². The Morgan fingerprint density at radius 2 is 0.800 bits per heavy atom. The molecule has 0 amide bonds. The van der Waals surface area contributed by atoms with Gasteiger partial charge in [0.2, 0.25) is 0 Å². The van der Waals surface area contributed by atoms with Gasteiger partial charge in [-0.05, 0) is 38.8 Å². The molecule has 0 atom stereocenters. The van der Waals surface area contributed by atoms with Crippen LogP contribution < -0.4 is 0 Å². The third-order valence-electron chi connectivity index (χ3n) is 2.81. The van der Waals surface area contributed by atoms with Crippen molar-refractivity contribution in [3.8, 4) is 0 Å². The fourth-order valence-corrected chi connectivity index (χ4v) is 1.41. The predicted molar refractivity (Wildman–Crippen MR) is 68.0 cm³/mol. The van der Waals surface area contributed by atoms with Crippen LogP contribution in [-0.4, -0.2) is 7.25 Å². The van der Waals surface area contributed by atoms with E-state index in [1.54, 1.807) is 0 Å². The van der Waals surface area contributed by atoms with E-state index in [9.17, 15) is 17.3 Å². The zero-order valence-electron chi connectivity index (χ0n) is 11.8. The molecule has 0 aliphatic heterocycles. The van der Waals surface area contributed by atoms with Crippen molar-refractivity contribution < 1.29 is 34.6 Å². The third kappa shape index (κ3) is 12.1. The summed E-state index contributed by atoms with van der Waals surface area (Å²) in [7, 11) is -6.00. The zero-order chi connectivity index (χ0) is 16.4. The molecule has 10 heteroatoms. The third-order valence-corrected chi connectivity index (χ3v) is 2.81. The van der Waals surface area contributed by atoms with E-state index in [0.717, 1.165) is 0 Å². The summed E-state index contributed by atoms with van der Waals surface area (Å²) in [5, 5.41) is 0. The molecule has 1 rings (SSSR count). The molecule has 0 aromatic carbocycles. The molecule has 0 fully saturated rings. The van der Waals surface area contributed by atoms with E-state index in [0.29, 0.717) is 0 Å². The van der Waals surface area contributed by atoms with Crippen molar-refractivity contribution in [1.29, 1.82) is 11.2 Å². The Labute approximate surface area is 126 Å². The molecule has 0 saturated heterocycles. The number of hydrogen-bond donors (Lipinski definition) is 2. The van der Waals surface area contributed by atoms with E-state index in [1.165, 1.54) is 28.2 Å². The predicted octanol–water partition coefficient (Wildman–Crippen LogP) is 5.23. The molecule has 0 aromatic heterocycles. The first-order chi connectivity index (χ1) is 8.55. The van der Waals surface area contributed by atoms with Crippen LogP contribution in [0.5, 0.6) is 0 Å². The second-order valence-corrected chi connectivity index (χ2v) is 3.62. The average molecular weight is 336 g/mol. The molecule has 0 bridgehead atoms. The van der Waals surface area contributed by atoms with Gasteiger partial charge in [-0.1, -0.05) is 29.3 Å². The Balaban J connectivity index is -0.000000110. The molecule has 0 aromatic rings. The molecule has 1 radical (unpaired) electrons. The minimum absolute atomic E-state index is 0. The maximum atomic E-state index is 9.75. The first-order valence-corrected chi connectivity index (χ1v) is 5.03. The monoisotopic (exact) mass is 336 g/mol. The smallest absolute Gasteiger partial charge is 0.418 e. The van der Waals surface area contributed by atoms with Gasteiger partial charge in [0.25, 0.3) is 0 Å². The first-order valence-electron chi connectivity index (χ1n) is 5.03. The van der Waals surface area contributed by atoms with Crippen LogP contribution in [0.1, 0.15) is 34.6 Å². The number of nitrogens with one attached hydrogen (secondary N) is 2. The number of hydrogen-bond acceptors (Lipinski definition) is 4. The van der Waals surface area contributed by atoms with Crippen molar-refractivity contribution in [3.63, 3.8) is 0 Å². The Morgan fingerprint density at radius 3 is 0.850 bits per heavy atom. The number of halogens is 4. The van der Waals surface area contributed by atoms with Gasteiger partial charge in [0.1, 0.15) is 0 Å². The second kappa shape index (κ2) is 13.0. The van der Waals surface area contributed by atoms with Gasteiger partial charge in [0.15, 0.2) is 0 Å². The van der Waals surface area contributed by atoms with Crippen LogP contribution in [-0.2, 0) is 17.4 Å². The van der Waals surface area contributed by atoms with Crippen molar-refractivity contribution in [2.24, 2.45) is 0 Å². The van der Waals surface area contributed by atoms with Gasteiger partial charge in [-0.3, -0.25) is 0 Å². The van der Waals surface area contributed by atoms with Crippen LogP contribution in [0.4, 0.5) is 17.3 Å². The minimum Gasteiger partial charge on any atom is -0.418 e. The maximum absolute atomic E-state index is 9.75. The fourth-order valence-electron chi connectivity index (χ4n) is 1.41. The molecular formula is C10H17BCrF4N2O2-. The van der Waals surface area contributed by atoms with E-state index in [-0.39, 0.29) is 17.4 Å². The topological polar surface area (TPSA) is 81.8 Å². The molecule has 1 aliphatic carbocycles. The molecule has 0 saturated carbocycles. The summed E-state index contributed by atoms with van der Waals surface area (Å²) in [6.07, 6.45) is 0. The summed E-state index contributed by atoms with van der Waals surface area (Å²) in [6.45, 7) is 11.0.